The van der Waals surface area contributed by atoms with Gasteiger partial charge in [-0.15, -0.1) is 0 Å². The van der Waals surface area contributed by atoms with E-state index in [-0.39, 0.29) is 16.1 Å². The number of carbonyl (C=O) groups is 1. The fraction of sp³-hybridized carbons (Fsp3) is 0.300. The largest absolute Gasteiger partial charge is 0.398 e. The molecular weight excluding hydrogens is 261 g/mol. The maximum Gasteiger partial charge on any atom is 0.243 e. The molecule has 0 radical (unpaired) electrons. The second kappa shape index (κ2) is 4.91. The van der Waals surface area contributed by atoms with Crippen molar-refractivity contribution in [3.8, 4) is 0 Å². The molecule has 1 rings (SSSR count). The van der Waals surface area contributed by atoms with Crippen LogP contribution in [0.5, 0.6) is 0 Å². The lowest BCUT2D eigenvalue weighted by Crippen LogP contribution is -2.35. The van der Waals surface area contributed by atoms with Crippen LogP contribution in [-0.2, 0) is 14.8 Å². The highest BCUT2D eigenvalue weighted by Crippen LogP contribution is 2.22. The van der Waals surface area contributed by atoms with Crippen molar-refractivity contribution in [1.29, 1.82) is 0 Å². The van der Waals surface area contributed by atoms with E-state index >= 15 is 0 Å². The van der Waals surface area contributed by atoms with E-state index in [1.165, 1.54) is 14.0 Å². The molecule has 6 nitrogen and oxygen atoms in total. The van der Waals surface area contributed by atoms with Crippen LogP contribution >= 0.6 is 0 Å². The quantitative estimate of drug-likeness (QED) is 0.743. The molecule has 0 saturated carbocycles. The Balaban J connectivity index is 3.25. The number of nitrogens with zero attached hydrogens (tertiary/aromatic N) is 1. The molecule has 0 spiro atoms. The van der Waals surface area contributed by atoms with Gasteiger partial charge in [0.2, 0.25) is 15.9 Å². The number of carbonyl (C=O) groups excluding carboxylic acids is 1. The second-order valence-electron chi connectivity index (χ2n) is 3.85. The molecule has 0 heterocycles. The smallest absolute Gasteiger partial charge is 0.243 e. The predicted molar refractivity (Wildman–Crippen MR) is 64.6 cm³/mol. The normalized spacial score (nSPS) is 11.8. The topological polar surface area (TPSA) is 106 Å². The highest BCUT2D eigenvalue weighted by Gasteiger charge is 2.23. The van der Waals surface area contributed by atoms with Gasteiger partial charge in [-0.05, 0) is 19.1 Å². The molecule has 0 fully saturated rings. The maximum atomic E-state index is 13.4. The van der Waals surface area contributed by atoms with Crippen LogP contribution in [0.2, 0.25) is 0 Å². The van der Waals surface area contributed by atoms with Gasteiger partial charge >= 0.3 is 0 Å². The monoisotopic (exact) mass is 275 g/mol. The lowest BCUT2D eigenvalue weighted by atomic mass is 10.2. The summed E-state index contributed by atoms with van der Waals surface area (Å²) in [7, 11) is -2.81. The van der Waals surface area contributed by atoms with Crippen LogP contribution in [0, 0.1) is 12.7 Å². The number of hydrogen-bond acceptors (Lipinski definition) is 4. The number of nitrogen functional groups attached to an aromatic ring is 1. The molecule has 0 aliphatic rings. The van der Waals surface area contributed by atoms with E-state index in [4.69, 9.17) is 11.5 Å². The summed E-state index contributed by atoms with van der Waals surface area (Å²) in [6.07, 6.45) is 0. The first-order valence-corrected chi connectivity index (χ1v) is 6.40. The van der Waals surface area contributed by atoms with Crippen LogP contribution in [0.1, 0.15) is 5.56 Å². The molecule has 100 valence electrons. The van der Waals surface area contributed by atoms with Crippen LogP contribution in [0.15, 0.2) is 17.0 Å². The Morgan fingerprint density at radius 2 is 2.00 bits per heavy atom. The van der Waals surface area contributed by atoms with Gasteiger partial charge in [-0.1, -0.05) is 0 Å². The maximum absolute atomic E-state index is 13.4. The first kappa shape index (κ1) is 14.4. The minimum atomic E-state index is -3.98. The molecular formula is C10H14FN3O3S. The van der Waals surface area contributed by atoms with E-state index in [2.05, 4.69) is 0 Å². The fourth-order valence-electron chi connectivity index (χ4n) is 1.31. The number of rotatable bonds is 4. The molecule has 0 aliphatic carbocycles. The summed E-state index contributed by atoms with van der Waals surface area (Å²) in [5.41, 5.74) is 10.6. The second-order valence-corrected chi connectivity index (χ2v) is 5.89. The number of halogens is 1. The SMILES string of the molecule is Cc1c(N)cc(S(=O)(=O)N(C)CC(N)=O)cc1F. The number of primary amides is 1. The summed E-state index contributed by atoms with van der Waals surface area (Å²) in [6.45, 7) is 0.950. The van der Waals surface area contributed by atoms with Crippen molar-refractivity contribution in [3.05, 3.63) is 23.5 Å². The van der Waals surface area contributed by atoms with E-state index in [1.54, 1.807) is 0 Å². The number of sulfonamides is 1. The Hall–Kier alpha value is -1.67. The number of likely N-dealkylation sites (N-methyl/N-ethyl adjacent to an activating group) is 1. The third-order valence-corrected chi connectivity index (χ3v) is 4.23. The van der Waals surface area contributed by atoms with Gasteiger partial charge in [0, 0.05) is 18.3 Å². The van der Waals surface area contributed by atoms with Gasteiger partial charge < -0.3 is 11.5 Å². The Morgan fingerprint density at radius 3 is 2.44 bits per heavy atom. The molecule has 18 heavy (non-hydrogen) atoms. The average molecular weight is 275 g/mol. The molecule has 0 atom stereocenters. The number of benzene rings is 1. The molecule has 0 bridgehead atoms. The number of nitrogens with two attached hydrogens (primary N) is 2. The average Bonchev–Trinajstić information content (AvgIpc) is 2.24. The summed E-state index contributed by atoms with van der Waals surface area (Å²) in [6, 6.07) is 2.00. The van der Waals surface area contributed by atoms with E-state index in [9.17, 15) is 17.6 Å². The van der Waals surface area contributed by atoms with Crippen LogP contribution < -0.4 is 11.5 Å². The molecule has 0 aliphatic heterocycles. The van der Waals surface area contributed by atoms with Crippen molar-refractivity contribution in [2.45, 2.75) is 11.8 Å². The van der Waals surface area contributed by atoms with E-state index < -0.39 is 28.3 Å². The minimum absolute atomic E-state index is 0.0288. The molecule has 1 aromatic rings. The van der Waals surface area contributed by atoms with Gasteiger partial charge in [0.15, 0.2) is 0 Å². The highest BCUT2D eigenvalue weighted by atomic mass is 32.2. The van der Waals surface area contributed by atoms with E-state index in [0.29, 0.717) is 0 Å². The van der Waals surface area contributed by atoms with Crippen LogP contribution in [0.25, 0.3) is 0 Å². The van der Waals surface area contributed by atoms with Gasteiger partial charge in [0.05, 0.1) is 11.4 Å². The van der Waals surface area contributed by atoms with Crippen molar-refractivity contribution >= 4 is 21.6 Å². The van der Waals surface area contributed by atoms with Crippen molar-refractivity contribution in [3.63, 3.8) is 0 Å². The zero-order chi connectivity index (χ0) is 14.1. The summed E-state index contributed by atoms with van der Waals surface area (Å²) >= 11 is 0. The number of amides is 1. The van der Waals surface area contributed by atoms with Gasteiger partial charge in [-0.25, -0.2) is 12.8 Å². The van der Waals surface area contributed by atoms with Gasteiger partial charge in [-0.2, -0.15) is 4.31 Å². The van der Waals surface area contributed by atoms with Crippen LogP contribution in [0.3, 0.4) is 0 Å². The molecule has 1 aromatic carbocycles. The minimum Gasteiger partial charge on any atom is -0.398 e. The van der Waals surface area contributed by atoms with Crippen molar-refractivity contribution < 1.29 is 17.6 Å². The van der Waals surface area contributed by atoms with E-state index in [0.717, 1.165) is 16.4 Å². The van der Waals surface area contributed by atoms with Crippen LogP contribution in [0.4, 0.5) is 10.1 Å². The lowest BCUT2D eigenvalue weighted by molar-refractivity contribution is -0.118. The molecule has 0 aromatic heterocycles. The molecule has 0 unspecified atom stereocenters. The van der Waals surface area contributed by atoms with Crippen molar-refractivity contribution in [2.75, 3.05) is 19.3 Å². The Labute approximate surface area is 104 Å². The summed E-state index contributed by atoms with van der Waals surface area (Å²) in [4.78, 5) is 10.4. The first-order chi connectivity index (χ1) is 8.16. The Bertz CT molecular complexity index is 563. The number of hydrogen-bond donors (Lipinski definition) is 2. The van der Waals surface area contributed by atoms with Crippen molar-refractivity contribution in [2.24, 2.45) is 5.73 Å². The third-order valence-electron chi connectivity index (χ3n) is 2.44. The highest BCUT2D eigenvalue weighted by molar-refractivity contribution is 7.89. The standard InChI is InChI=1S/C10H14FN3O3S/c1-6-8(11)3-7(4-9(6)12)18(16,17)14(2)5-10(13)15/h3-4H,5,12H2,1-2H3,(H2,13,15). The molecule has 8 heteroatoms. The van der Waals surface area contributed by atoms with Gasteiger partial charge in [0.25, 0.3) is 0 Å². The summed E-state index contributed by atoms with van der Waals surface area (Å²) < 4.78 is 38.1. The van der Waals surface area contributed by atoms with Crippen LogP contribution in [-0.4, -0.2) is 32.2 Å². The zero-order valence-corrected chi connectivity index (χ0v) is 10.8. The lowest BCUT2D eigenvalue weighted by Gasteiger charge is -2.16. The third kappa shape index (κ3) is 2.77. The van der Waals surface area contributed by atoms with Gasteiger partial charge in [-0.3, -0.25) is 4.79 Å². The molecule has 4 N–H and O–H groups in total. The molecule has 1 amide bonds. The fourth-order valence-corrected chi connectivity index (χ4v) is 2.49. The summed E-state index contributed by atoms with van der Waals surface area (Å²) in [5, 5.41) is 0. The predicted octanol–water partition coefficient (Wildman–Crippen LogP) is -0.178. The Morgan fingerprint density at radius 1 is 1.44 bits per heavy atom. The summed E-state index contributed by atoms with van der Waals surface area (Å²) in [5.74, 6) is -1.53. The van der Waals surface area contributed by atoms with Gasteiger partial charge in [0.1, 0.15) is 5.82 Å². The zero-order valence-electron chi connectivity index (χ0n) is 9.97. The van der Waals surface area contributed by atoms with Crippen molar-refractivity contribution in [1.82, 2.24) is 4.31 Å². The van der Waals surface area contributed by atoms with E-state index in [1.807, 2.05) is 0 Å². The Kier molecular flexibility index (Phi) is 3.92. The molecule has 0 saturated heterocycles. The first-order valence-electron chi connectivity index (χ1n) is 4.96. The number of anilines is 1.